The highest BCUT2D eigenvalue weighted by Gasteiger charge is 2.39. The monoisotopic (exact) mass is 330 g/mol. The van der Waals surface area contributed by atoms with Crippen LogP contribution in [0.5, 0.6) is 0 Å². The molecule has 3 heterocycles. The second-order valence-corrected chi connectivity index (χ2v) is 6.38. The molecule has 20 heavy (non-hydrogen) atoms. The van der Waals surface area contributed by atoms with Gasteiger partial charge >= 0.3 is 0 Å². The van der Waals surface area contributed by atoms with Crippen LogP contribution in [0.15, 0.2) is 40.9 Å². The van der Waals surface area contributed by atoms with E-state index in [9.17, 15) is 0 Å². The van der Waals surface area contributed by atoms with Crippen molar-refractivity contribution in [3.05, 3.63) is 40.9 Å². The van der Waals surface area contributed by atoms with Gasteiger partial charge in [-0.3, -0.25) is 0 Å². The number of fused-ring (bicyclic) bond motifs is 1. The molecule has 2 aromatic rings. The van der Waals surface area contributed by atoms with Crippen LogP contribution in [0.25, 0.3) is 11.3 Å². The molecule has 1 N–H and O–H groups in total. The summed E-state index contributed by atoms with van der Waals surface area (Å²) in [5, 5.41) is 12.2. The van der Waals surface area contributed by atoms with Gasteiger partial charge in [-0.15, -0.1) is 10.2 Å². The van der Waals surface area contributed by atoms with Crippen molar-refractivity contribution in [2.45, 2.75) is 6.04 Å². The van der Waals surface area contributed by atoms with Gasteiger partial charge in [0.1, 0.15) is 0 Å². The van der Waals surface area contributed by atoms with E-state index >= 15 is 0 Å². The van der Waals surface area contributed by atoms with E-state index in [-0.39, 0.29) is 0 Å². The summed E-state index contributed by atoms with van der Waals surface area (Å²) >= 11 is 3.44. The van der Waals surface area contributed by atoms with Gasteiger partial charge in [0.2, 0.25) is 0 Å². The van der Waals surface area contributed by atoms with E-state index in [1.807, 2.05) is 24.3 Å². The van der Waals surface area contributed by atoms with E-state index in [2.05, 4.69) is 48.5 Å². The fourth-order valence-corrected chi connectivity index (χ4v) is 3.17. The van der Waals surface area contributed by atoms with Crippen molar-refractivity contribution < 1.29 is 0 Å². The number of rotatable bonds is 2. The van der Waals surface area contributed by atoms with Gasteiger partial charge in [-0.05, 0) is 24.3 Å². The predicted octanol–water partition coefficient (Wildman–Crippen LogP) is 2.31. The lowest BCUT2D eigenvalue weighted by molar-refractivity contribution is 0.297. The maximum atomic E-state index is 4.39. The average Bonchev–Trinajstić information content (AvgIpc) is 2.76. The van der Waals surface area contributed by atoms with Crippen molar-refractivity contribution in [3.63, 3.8) is 0 Å². The Bertz CT molecular complexity index is 599. The summed E-state index contributed by atoms with van der Waals surface area (Å²) in [5.41, 5.74) is 2.01. The van der Waals surface area contributed by atoms with Crippen molar-refractivity contribution in [1.29, 1.82) is 0 Å². The molecule has 1 aromatic carbocycles. The van der Waals surface area contributed by atoms with E-state index in [1.165, 1.54) is 0 Å². The number of hydrogen-bond acceptors (Lipinski definition) is 4. The van der Waals surface area contributed by atoms with Gasteiger partial charge in [0.15, 0.2) is 5.82 Å². The molecule has 4 rings (SSSR count). The lowest BCUT2D eigenvalue weighted by Crippen LogP contribution is -2.51. The Morgan fingerprint density at radius 1 is 1.05 bits per heavy atom. The molecule has 102 valence electrons. The first-order valence-electron chi connectivity index (χ1n) is 6.87. The summed E-state index contributed by atoms with van der Waals surface area (Å²) in [6.07, 6.45) is 0. The van der Waals surface area contributed by atoms with Crippen LogP contribution in [0.1, 0.15) is 0 Å². The minimum Gasteiger partial charge on any atom is -0.353 e. The van der Waals surface area contributed by atoms with E-state index in [0.29, 0.717) is 6.04 Å². The Hall–Kier alpha value is -1.46. The third-order valence-electron chi connectivity index (χ3n) is 4.20. The predicted molar refractivity (Wildman–Crippen MR) is 82.7 cm³/mol. The second kappa shape index (κ2) is 4.82. The molecule has 0 aliphatic carbocycles. The second-order valence-electron chi connectivity index (χ2n) is 5.46. The zero-order chi connectivity index (χ0) is 13.5. The summed E-state index contributed by atoms with van der Waals surface area (Å²) < 4.78 is 1.07. The van der Waals surface area contributed by atoms with Crippen molar-refractivity contribution >= 4 is 21.7 Å². The first-order chi connectivity index (χ1) is 9.79. The van der Waals surface area contributed by atoms with Crippen LogP contribution < -0.4 is 10.2 Å². The molecular formula is C15H15BrN4. The summed E-state index contributed by atoms with van der Waals surface area (Å²) in [7, 11) is 0. The molecule has 2 unspecified atom stereocenters. The minimum absolute atomic E-state index is 0.656. The largest absolute Gasteiger partial charge is 0.353 e. The first-order valence-corrected chi connectivity index (χ1v) is 7.67. The van der Waals surface area contributed by atoms with Gasteiger partial charge in [0.25, 0.3) is 0 Å². The molecule has 0 saturated carbocycles. The number of halogens is 1. The van der Waals surface area contributed by atoms with Crippen LogP contribution in [0.3, 0.4) is 0 Å². The highest BCUT2D eigenvalue weighted by molar-refractivity contribution is 9.10. The molecule has 2 aliphatic heterocycles. The highest BCUT2D eigenvalue weighted by atomic mass is 79.9. The average molecular weight is 331 g/mol. The molecular weight excluding hydrogens is 316 g/mol. The molecule has 1 aromatic heterocycles. The third-order valence-corrected chi connectivity index (χ3v) is 4.73. The van der Waals surface area contributed by atoms with Crippen molar-refractivity contribution in [2.24, 2.45) is 5.92 Å². The van der Waals surface area contributed by atoms with Crippen molar-refractivity contribution in [1.82, 2.24) is 15.5 Å². The number of benzene rings is 1. The molecule has 5 heteroatoms. The molecule has 0 spiro atoms. The summed E-state index contributed by atoms with van der Waals surface area (Å²) in [4.78, 5) is 2.33. The third kappa shape index (κ3) is 2.11. The van der Waals surface area contributed by atoms with Gasteiger partial charge < -0.3 is 10.2 Å². The number of hydrogen-bond donors (Lipinski definition) is 1. The number of aromatic nitrogens is 2. The molecule has 2 aliphatic rings. The van der Waals surface area contributed by atoms with Gasteiger partial charge in [-0.25, -0.2) is 0 Å². The molecule has 4 nitrogen and oxygen atoms in total. The van der Waals surface area contributed by atoms with E-state index in [1.54, 1.807) is 0 Å². The smallest absolute Gasteiger partial charge is 0.151 e. The summed E-state index contributed by atoms with van der Waals surface area (Å²) in [5.74, 6) is 1.78. The van der Waals surface area contributed by atoms with Crippen LogP contribution in [-0.2, 0) is 0 Å². The van der Waals surface area contributed by atoms with Crippen LogP contribution in [0.2, 0.25) is 0 Å². The Morgan fingerprint density at radius 2 is 1.90 bits per heavy atom. The Morgan fingerprint density at radius 3 is 2.45 bits per heavy atom. The first kappa shape index (κ1) is 12.3. The maximum absolute atomic E-state index is 4.39. The zero-order valence-corrected chi connectivity index (χ0v) is 12.5. The van der Waals surface area contributed by atoms with Gasteiger partial charge in [-0.1, -0.05) is 28.1 Å². The Kier molecular flexibility index (Phi) is 2.97. The fraction of sp³-hybridized carbons (Fsp3) is 0.333. The molecule has 2 atom stereocenters. The van der Waals surface area contributed by atoms with E-state index < -0.39 is 0 Å². The molecule has 2 saturated heterocycles. The van der Waals surface area contributed by atoms with Crippen LogP contribution in [-0.4, -0.2) is 35.9 Å². The molecule has 0 bridgehead atoms. The Balaban J connectivity index is 1.55. The number of nitrogens with one attached hydrogen (secondary N) is 1. The summed E-state index contributed by atoms with van der Waals surface area (Å²) in [6.45, 7) is 3.30. The number of nitrogens with zero attached hydrogens (tertiary/aromatic N) is 3. The standard InChI is InChI=1S/C15H15BrN4/c16-12-3-1-10(2-4-12)13-5-6-15(19-18-13)20-8-11-7-17-14(11)9-20/h1-6,11,14,17H,7-9H2. The topological polar surface area (TPSA) is 41.0 Å². The minimum atomic E-state index is 0.656. The summed E-state index contributed by atoms with van der Waals surface area (Å²) in [6, 6.07) is 12.9. The Labute approximate surface area is 126 Å². The van der Waals surface area contributed by atoms with E-state index in [0.717, 1.165) is 47.1 Å². The van der Waals surface area contributed by atoms with Gasteiger partial charge in [-0.2, -0.15) is 0 Å². The lowest BCUT2D eigenvalue weighted by atomic mass is 9.96. The fourth-order valence-electron chi connectivity index (χ4n) is 2.91. The van der Waals surface area contributed by atoms with E-state index in [4.69, 9.17) is 0 Å². The van der Waals surface area contributed by atoms with Crippen LogP contribution in [0, 0.1) is 5.92 Å². The lowest BCUT2D eigenvalue weighted by Gasteiger charge is -2.29. The van der Waals surface area contributed by atoms with Crippen molar-refractivity contribution in [2.75, 3.05) is 24.5 Å². The van der Waals surface area contributed by atoms with Crippen molar-refractivity contribution in [3.8, 4) is 11.3 Å². The van der Waals surface area contributed by atoms with Gasteiger partial charge in [0.05, 0.1) is 5.69 Å². The SMILES string of the molecule is Brc1ccc(-c2ccc(N3CC4CNC4C3)nn2)cc1. The maximum Gasteiger partial charge on any atom is 0.151 e. The molecule has 2 fully saturated rings. The normalized spacial score (nSPS) is 24.4. The molecule has 0 radical (unpaired) electrons. The number of anilines is 1. The highest BCUT2D eigenvalue weighted by Crippen LogP contribution is 2.27. The quantitative estimate of drug-likeness (QED) is 0.917. The zero-order valence-electron chi connectivity index (χ0n) is 11.0. The van der Waals surface area contributed by atoms with Crippen LogP contribution >= 0.6 is 15.9 Å². The van der Waals surface area contributed by atoms with Gasteiger partial charge in [0, 0.05) is 41.6 Å². The molecule has 0 amide bonds. The van der Waals surface area contributed by atoms with Crippen LogP contribution in [0.4, 0.5) is 5.82 Å².